The molecule has 2 aromatic heterocycles. The number of pyridine rings is 1. The van der Waals surface area contributed by atoms with E-state index in [1.807, 2.05) is 24.1 Å². The molecule has 168 valence electrons. The van der Waals surface area contributed by atoms with Gasteiger partial charge in [-0.15, -0.1) is 0 Å². The average Bonchev–Trinajstić information content (AvgIpc) is 3.51. The van der Waals surface area contributed by atoms with Crippen LogP contribution in [-0.2, 0) is 5.75 Å². The second-order valence-electron chi connectivity index (χ2n) is 8.36. The summed E-state index contributed by atoms with van der Waals surface area (Å²) < 4.78 is 2.44. The Bertz CT molecular complexity index is 1090. The summed E-state index contributed by atoms with van der Waals surface area (Å²) in [5, 5.41) is 19.3. The highest BCUT2D eigenvalue weighted by molar-refractivity contribution is 7.96. The number of fused-ring (bicyclic) bond motifs is 1. The van der Waals surface area contributed by atoms with Crippen LogP contribution >= 0.6 is 11.9 Å². The van der Waals surface area contributed by atoms with Gasteiger partial charge in [0.05, 0.1) is 11.6 Å². The zero-order valence-electron chi connectivity index (χ0n) is 18.3. The highest BCUT2D eigenvalue weighted by Crippen LogP contribution is 2.25. The molecule has 0 radical (unpaired) electrons. The fourth-order valence-electron chi connectivity index (χ4n) is 4.10. The lowest BCUT2D eigenvalue weighted by Gasteiger charge is -2.13. The van der Waals surface area contributed by atoms with Gasteiger partial charge in [0.25, 0.3) is 5.56 Å². The largest absolute Gasteiger partial charge is 0.338 e. The smallest absolute Gasteiger partial charge is 0.261 e. The molecule has 1 saturated heterocycles. The molecule has 0 spiro atoms. The lowest BCUT2D eigenvalue weighted by Crippen LogP contribution is -2.09. The third kappa shape index (κ3) is 5.93. The van der Waals surface area contributed by atoms with E-state index in [9.17, 15) is 4.79 Å². The molecular weight excluding hydrogens is 420 g/mol. The Balaban J connectivity index is 0.000000260. The van der Waals surface area contributed by atoms with Crippen molar-refractivity contribution in [1.29, 1.82) is 5.26 Å². The molecule has 1 aliphatic carbocycles. The average molecular weight is 451 g/mol. The molecule has 1 aromatic carbocycles. The first-order chi connectivity index (χ1) is 15.7. The van der Waals surface area contributed by atoms with Crippen molar-refractivity contribution in [1.82, 2.24) is 19.5 Å². The molecule has 0 bridgehead atoms. The Hall–Kier alpha value is -2.76. The lowest BCUT2D eigenvalue weighted by molar-refractivity contribution is 0.427. The van der Waals surface area contributed by atoms with E-state index in [1.165, 1.54) is 50.8 Å². The van der Waals surface area contributed by atoms with Crippen molar-refractivity contribution in [2.75, 3.05) is 18.4 Å². The molecule has 3 aromatic rings. The van der Waals surface area contributed by atoms with Gasteiger partial charge in [-0.05, 0) is 49.4 Å². The highest BCUT2D eigenvalue weighted by Gasteiger charge is 2.13. The van der Waals surface area contributed by atoms with Gasteiger partial charge in [-0.3, -0.25) is 14.2 Å². The minimum absolute atomic E-state index is 0.151. The predicted molar refractivity (Wildman–Crippen MR) is 131 cm³/mol. The van der Waals surface area contributed by atoms with Crippen molar-refractivity contribution >= 4 is 34.4 Å². The summed E-state index contributed by atoms with van der Waals surface area (Å²) in [5.74, 6) is 1.93. The van der Waals surface area contributed by atoms with Gasteiger partial charge < -0.3 is 10.3 Å². The Kier molecular flexibility index (Phi) is 7.86. The third-order valence-electron chi connectivity index (χ3n) is 5.97. The van der Waals surface area contributed by atoms with Gasteiger partial charge in [0.2, 0.25) is 0 Å². The number of hydrogen-bond donors (Lipinski definition) is 3. The molecule has 1 saturated carbocycles. The zero-order chi connectivity index (χ0) is 22.2. The number of H-pyrrole nitrogens is 2. The molecule has 5 rings (SSSR count). The van der Waals surface area contributed by atoms with Crippen LogP contribution < -0.4 is 10.9 Å². The number of nitrogens with zero attached hydrogens (tertiary/aromatic N) is 3. The zero-order valence-corrected chi connectivity index (χ0v) is 19.1. The number of nitriles is 1. The van der Waals surface area contributed by atoms with E-state index in [4.69, 9.17) is 5.26 Å². The molecule has 0 amide bonds. The Morgan fingerprint density at radius 2 is 1.84 bits per heavy atom. The normalized spacial score (nSPS) is 17.0. The van der Waals surface area contributed by atoms with Crippen LogP contribution in [0.4, 0.5) is 11.5 Å². The number of aromatic amines is 2. The number of hydrogen-bond acceptors (Lipinski definition) is 6. The summed E-state index contributed by atoms with van der Waals surface area (Å²) in [6.45, 7) is 2.40. The minimum Gasteiger partial charge on any atom is -0.338 e. The SMILES string of the molecule is N#CC1CCCCC1.O=c1[nH]ccc2[nH]nc(Nc3ccc(CSN4CCCC4)cc3)c12. The van der Waals surface area contributed by atoms with Crippen LogP contribution in [-0.4, -0.2) is 32.6 Å². The van der Waals surface area contributed by atoms with Crippen LogP contribution in [0.2, 0.25) is 0 Å². The van der Waals surface area contributed by atoms with E-state index >= 15 is 0 Å². The molecule has 3 N–H and O–H groups in total. The summed E-state index contributed by atoms with van der Waals surface area (Å²) in [6.07, 6.45) is 10.4. The molecule has 0 atom stereocenters. The van der Waals surface area contributed by atoms with E-state index in [0.29, 0.717) is 17.1 Å². The molecular formula is C24H30N6OS. The van der Waals surface area contributed by atoms with E-state index in [0.717, 1.165) is 29.8 Å². The maximum absolute atomic E-state index is 12.0. The quantitative estimate of drug-likeness (QED) is 0.454. The summed E-state index contributed by atoms with van der Waals surface area (Å²) >= 11 is 1.90. The number of rotatable bonds is 5. The molecule has 2 aliphatic rings. The molecule has 2 fully saturated rings. The van der Waals surface area contributed by atoms with Crippen molar-refractivity contribution in [3.8, 4) is 6.07 Å². The Morgan fingerprint density at radius 3 is 2.53 bits per heavy atom. The van der Waals surface area contributed by atoms with Gasteiger partial charge in [0.1, 0.15) is 5.39 Å². The van der Waals surface area contributed by atoms with Gasteiger partial charge in [0.15, 0.2) is 5.82 Å². The summed E-state index contributed by atoms with van der Waals surface area (Å²) in [6, 6.07) is 12.4. The van der Waals surface area contributed by atoms with Crippen LogP contribution in [0, 0.1) is 17.2 Å². The number of benzene rings is 1. The Morgan fingerprint density at radius 1 is 1.09 bits per heavy atom. The summed E-state index contributed by atoms with van der Waals surface area (Å²) in [4.78, 5) is 14.6. The molecule has 8 heteroatoms. The van der Waals surface area contributed by atoms with E-state index in [2.05, 4.69) is 43.0 Å². The molecule has 3 heterocycles. The van der Waals surface area contributed by atoms with Crippen molar-refractivity contribution in [2.45, 2.75) is 50.7 Å². The second-order valence-corrected chi connectivity index (χ2v) is 9.43. The van der Waals surface area contributed by atoms with Crippen molar-refractivity contribution in [3.63, 3.8) is 0 Å². The second kappa shape index (κ2) is 11.2. The van der Waals surface area contributed by atoms with Crippen LogP contribution in [0.3, 0.4) is 0 Å². The van der Waals surface area contributed by atoms with Crippen LogP contribution in [0.5, 0.6) is 0 Å². The molecule has 32 heavy (non-hydrogen) atoms. The third-order valence-corrected chi connectivity index (χ3v) is 7.16. The number of nitrogens with one attached hydrogen (secondary N) is 3. The summed E-state index contributed by atoms with van der Waals surface area (Å²) in [5.41, 5.74) is 2.78. The summed E-state index contributed by atoms with van der Waals surface area (Å²) in [7, 11) is 0. The van der Waals surface area contributed by atoms with Gasteiger partial charge in [-0.1, -0.05) is 43.3 Å². The number of anilines is 2. The number of aromatic nitrogens is 3. The standard InChI is InChI=1S/C17H19N5OS.C7H11N/c23-17-15-14(7-8-18-17)20-21-16(15)19-13-5-3-12(4-6-13)11-24-22-9-1-2-10-22;8-6-7-4-2-1-3-5-7/h3-8H,1-2,9-11H2,(H,18,23)(H2,19,20,21);7H,1-5H2. The predicted octanol–water partition coefficient (Wildman–Crippen LogP) is 5.33. The first-order valence-electron chi connectivity index (χ1n) is 11.4. The molecule has 0 unspecified atom stereocenters. The highest BCUT2D eigenvalue weighted by atomic mass is 32.2. The minimum atomic E-state index is -0.151. The molecule has 1 aliphatic heterocycles. The molecule has 7 nitrogen and oxygen atoms in total. The van der Waals surface area contributed by atoms with Crippen LogP contribution in [0.1, 0.15) is 50.5 Å². The van der Waals surface area contributed by atoms with Crippen molar-refractivity contribution in [3.05, 3.63) is 52.4 Å². The lowest BCUT2D eigenvalue weighted by atomic mass is 9.91. The fraction of sp³-hybridized carbons (Fsp3) is 0.458. The Labute approximate surface area is 192 Å². The maximum atomic E-state index is 12.0. The maximum Gasteiger partial charge on any atom is 0.261 e. The van der Waals surface area contributed by atoms with E-state index in [1.54, 1.807) is 12.3 Å². The monoisotopic (exact) mass is 450 g/mol. The van der Waals surface area contributed by atoms with E-state index in [-0.39, 0.29) is 5.56 Å². The van der Waals surface area contributed by atoms with Crippen molar-refractivity contribution < 1.29 is 0 Å². The first-order valence-corrected chi connectivity index (χ1v) is 12.4. The van der Waals surface area contributed by atoms with Gasteiger partial charge in [0, 0.05) is 36.6 Å². The fourth-order valence-corrected chi connectivity index (χ4v) is 5.15. The van der Waals surface area contributed by atoms with E-state index < -0.39 is 0 Å². The van der Waals surface area contributed by atoms with Crippen LogP contribution in [0.15, 0.2) is 41.3 Å². The van der Waals surface area contributed by atoms with Gasteiger partial charge >= 0.3 is 0 Å². The topological polar surface area (TPSA) is 101 Å². The first kappa shape index (κ1) is 22.4. The van der Waals surface area contributed by atoms with Gasteiger partial charge in [-0.2, -0.15) is 10.4 Å². The van der Waals surface area contributed by atoms with Crippen molar-refractivity contribution in [2.24, 2.45) is 5.92 Å². The van der Waals surface area contributed by atoms with Gasteiger partial charge in [-0.25, -0.2) is 0 Å². The van der Waals surface area contributed by atoms with Crippen LogP contribution in [0.25, 0.3) is 10.9 Å².